The lowest BCUT2D eigenvalue weighted by molar-refractivity contribution is -0.160. The Bertz CT molecular complexity index is 1070. The molecule has 3 N–H and O–H groups in total. The predicted molar refractivity (Wildman–Crippen MR) is 122 cm³/mol. The van der Waals surface area contributed by atoms with Gasteiger partial charge in [0.2, 0.25) is 5.91 Å². The summed E-state index contributed by atoms with van der Waals surface area (Å²) in [5, 5.41) is 13.4. The van der Waals surface area contributed by atoms with Crippen molar-refractivity contribution in [2.24, 2.45) is 5.41 Å². The molecular weight excluding hydrogens is 465 g/mol. The van der Waals surface area contributed by atoms with E-state index in [0.29, 0.717) is 0 Å². The van der Waals surface area contributed by atoms with Crippen molar-refractivity contribution in [1.29, 1.82) is 0 Å². The van der Waals surface area contributed by atoms with Crippen LogP contribution in [0.5, 0.6) is 0 Å². The summed E-state index contributed by atoms with van der Waals surface area (Å²) in [5.41, 5.74) is 3.10. The van der Waals surface area contributed by atoms with Crippen molar-refractivity contribution in [3.05, 3.63) is 59.7 Å². The van der Waals surface area contributed by atoms with E-state index < -0.39 is 48.1 Å². The first-order chi connectivity index (χ1) is 16.3. The van der Waals surface area contributed by atoms with E-state index in [0.717, 1.165) is 22.3 Å². The van der Waals surface area contributed by atoms with Crippen LogP contribution in [0.3, 0.4) is 0 Å². The van der Waals surface area contributed by atoms with Gasteiger partial charge in [-0.2, -0.15) is 13.2 Å². The number of hydrogen-bond acceptors (Lipinski definition) is 4. The molecule has 1 aliphatic carbocycles. The van der Waals surface area contributed by atoms with Crippen molar-refractivity contribution in [2.75, 3.05) is 6.61 Å². The molecule has 2 aromatic carbocycles. The van der Waals surface area contributed by atoms with Gasteiger partial charge in [-0.1, -0.05) is 69.3 Å². The van der Waals surface area contributed by atoms with Crippen LogP contribution in [0.4, 0.5) is 18.0 Å². The highest BCUT2D eigenvalue weighted by molar-refractivity contribution is 5.90. The number of alkyl carbamates (subject to hydrolysis) is 1. The zero-order chi connectivity index (χ0) is 26.0. The van der Waals surface area contributed by atoms with Gasteiger partial charge in [0.1, 0.15) is 18.7 Å². The highest BCUT2D eigenvalue weighted by atomic mass is 19.4. The molecule has 2 aromatic rings. The number of carbonyl (C=O) groups is 3. The van der Waals surface area contributed by atoms with Crippen molar-refractivity contribution in [1.82, 2.24) is 10.6 Å². The molecule has 0 radical (unpaired) electrons. The Labute approximate surface area is 200 Å². The van der Waals surface area contributed by atoms with Crippen molar-refractivity contribution in [3.8, 4) is 11.1 Å². The van der Waals surface area contributed by atoms with Crippen LogP contribution in [0.1, 0.15) is 44.2 Å². The van der Waals surface area contributed by atoms with Crippen LogP contribution in [0.15, 0.2) is 48.5 Å². The summed E-state index contributed by atoms with van der Waals surface area (Å²) in [7, 11) is 0. The Hall–Kier alpha value is -3.56. The Morgan fingerprint density at radius 3 is 1.91 bits per heavy atom. The summed E-state index contributed by atoms with van der Waals surface area (Å²) in [6.07, 6.45) is -7.48. The van der Waals surface area contributed by atoms with Gasteiger partial charge < -0.3 is 20.5 Å². The molecule has 0 spiro atoms. The quantitative estimate of drug-likeness (QED) is 0.529. The number of amides is 2. The molecule has 0 bridgehead atoms. The van der Waals surface area contributed by atoms with Crippen LogP contribution in [0.2, 0.25) is 0 Å². The summed E-state index contributed by atoms with van der Waals surface area (Å²) in [4.78, 5) is 36.6. The number of hydrogen-bond donors (Lipinski definition) is 3. The standard InChI is InChI=1S/C25H27F3N2O5/c1-24(2,3)20(21(31)29-19(22(32)33)12-25(26,27)28)30-23(34)35-13-18-16-10-6-4-8-14(16)15-9-5-7-11-17(15)18/h4-11,18-20H,12-13H2,1-3H3,(H,29,31)(H,30,34)(H,32,33)/t19?,20-/m0/s1. The number of rotatable bonds is 7. The maximum absolute atomic E-state index is 12.7. The fraction of sp³-hybridized carbons (Fsp3) is 0.400. The predicted octanol–water partition coefficient (Wildman–Crippen LogP) is 4.46. The number of aliphatic carboxylic acids is 1. The Balaban J connectivity index is 1.70. The Morgan fingerprint density at radius 2 is 1.46 bits per heavy atom. The van der Waals surface area contributed by atoms with Crippen LogP contribution < -0.4 is 10.6 Å². The lowest BCUT2D eigenvalue weighted by Gasteiger charge is -2.31. The van der Waals surface area contributed by atoms with Gasteiger partial charge in [-0.15, -0.1) is 0 Å². The van der Waals surface area contributed by atoms with E-state index in [9.17, 15) is 27.6 Å². The van der Waals surface area contributed by atoms with E-state index in [2.05, 4.69) is 5.32 Å². The maximum Gasteiger partial charge on any atom is 0.407 e. The summed E-state index contributed by atoms with van der Waals surface area (Å²) in [5.74, 6) is -3.11. The number of ether oxygens (including phenoxy) is 1. The van der Waals surface area contributed by atoms with Gasteiger partial charge >= 0.3 is 18.2 Å². The van der Waals surface area contributed by atoms with Crippen molar-refractivity contribution in [3.63, 3.8) is 0 Å². The van der Waals surface area contributed by atoms with Crippen LogP contribution >= 0.6 is 0 Å². The van der Waals surface area contributed by atoms with E-state index in [1.54, 1.807) is 20.8 Å². The second-order valence-electron chi connectivity index (χ2n) is 9.49. The zero-order valence-corrected chi connectivity index (χ0v) is 19.5. The first kappa shape index (κ1) is 26.1. The number of carboxylic acids is 1. The van der Waals surface area contributed by atoms with Gasteiger partial charge in [-0.25, -0.2) is 9.59 Å². The molecule has 1 unspecified atom stereocenters. The second kappa shape index (κ2) is 9.97. The average Bonchev–Trinajstić information content (AvgIpc) is 3.07. The average molecular weight is 492 g/mol. The molecular formula is C25H27F3N2O5. The van der Waals surface area contributed by atoms with Gasteiger partial charge in [-0.05, 0) is 27.7 Å². The van der Waals surface area contributed by atoms with Gasteiger partial charge in [0.25, 0.3) is 0 Å². The van der Waals surface area contributed by atoms with Crippen LogP contribution in [-0.4, -0.2) is 47.9 Å². The van der Waals surface area contributed by atoms with Gasteiger partial charge in [0.05, 0.1) is 6.42 Å². The van der Waals surface area contributed by atoms with Crippen molar-refractivity contribution >= 4 is 18.0 Å². The fourth-order valence-electron chi connectivity index (χ4n) is 4.12. The zero-order valence-electron chi connectivity index (χ0n) is 19.5. The molecule has 0 saturated carbocycles. The van der Waals surface area contributed by atoms with Gasteiger partial charge in [0, 0.05) is 5.92 Å². The number of benzene rings is 2. The lowest BCUT2D eigenvalue weighted by Crippen LogP contribution is -2.57. The number of halogens is 3. The third-order valence-electron chi connectivity index (χ3n) is 5.78. The molecule has 1 aliphatic rings. The highest BCUT2D eigenvalue weighted by Crippen LogP contribution is 2.44. The van der Waals surface area contributed by atoms with Crippen LogP contribution in [0, 0.1) is 5.41 Å². The lowest BCUT2D eigenvalue weighted by atomic mass is 9.86. The summed E-state index contributed by atoms with van der Waals surface area (Å²) >= 11 is 0. The topological polar surface area (TPSA) is 105 Å². The monoisotopic (exact) mass is 492 g/mol. The fourth-order valence-corrected chi connectivity index (χ4v) is 4.12. The highest BCUT2D eigenvalue weighted by Gasteiger charge is 2.40. The van der Waals surface area contributed by atoms with Gasteiger partial charge in [0.15, 0.2) is 0 Å². The number of nitrogens with one attached hydrogen (secondary N) is 2. The molecule has 2 amide bonds. The van der Waals surface area contributed by atoms with E-state index in [-0.39, 0.29) is 12.5 Å². The summed E-state index contributed by atoms with van der Waals surface area (Å²) < 4.78 is 43.6. The largest absolute Gasteiger partial charge is 0.480 e. The molecule has 0 saturated heterocycles. The number of alkyl halides is 3. The van der Waals surface area contributed by atoms with E-state index in [1.807, 2.05) is 53.8 Å². The molecule has 35 heavy (non-hydrogen) atoms. The summed E-state index contributed by atoms with van der Waals surface area (Å²) in [6, 6.07) is 11.9. The van der Waals surface area contributed by atoms with Crippen LogP contribution in [-0.2, 0) is 14.3 Å². The summed E-state index contributed by atoms with van der Waals surface area (Å²) in [6.45, 7) is 4.73. The number of carboxylic acid groups (broad SMARTS) is 1. The SMILES string of the molecule is CC(C)(C)[C@@H](NC(=O)OCC1c2ccccc2-c2ccccc21)C(=O)NC(CC(F)(F)F)C(=O)O. The minimum atomic E-state index is -4.80. The molecule has 0 fully saturated rings. The second-order valence-corrected chi connectivity index (χ2v) is 9.49. The smallest absolute Gasteiger partial charge is 0.407 e. The van der Waals surface area contributed by atoms with Crippen molar-refractivity contribution in [2.45, 2.75) is 51.4 Å². The Morgan fingerprint density at radius 1 is 0.943 bits per heavy atom. The molecule has 0 aromatic heterocycles. The molecule has 188 valence electrons. The molecule has 0 heterocycles. The van der Waals surface area contributed by atoms with E-state index in [4.69, 9.17) is 9.84 Å². The third-order valence-corrected chi connectivity index (χ3v) is 5.78. The minimum Gasteiger partial charge on any atom is -0.480 e. The third kappa shape index (κ3) is 6.32. The van der Waals surface area contributed by atoms with Crippen LogP contribution in [0.25, 0.3) is 11.1 Å². The Kier molecular flexibility index (Phi) is 7.42. The number of fused-ring (bicyclic) bond motifs is 3. The first-order valence-electron chi connectivity index (χ1n) is 11.0. The number of carbonyl (C=O) groups excluding carboxylic acids is 2. The molecule has 10 heteroatoms. The molecule has 0 aliphatic heterocycles. The molecule has 3 rings (SSSR count). The minimum absolute atomic E-state index is 0.0236. The van der Waals surface area contributed by atoms with E-state index >= 15 is 0 Å². The van der Waals surface area contributed by atoms with Crippen molar-refractivity contribution < 1.29 is 37.4 Å². The molecule has 7 nitrogen and oxygen atoms in total. The maximum atomic E-state index is 12.7. The normalized spacial score (nSPS) is 14.9. The van der Waals surface area contributed by atoms with E-state index in [1.165, 1.54) is 0 Å². The van der Waals surface area contributed by atoms with Gasteiger partial charge in [-0.3, -0.25) is 4.79 Å². The first-order valence-corrected chi connectivity index (χ1v) is 11.0. The molecule has 2 atom stereocenters.